The molecule has 2 atom stereocenters. The van der Waals surface area contributed by atoms with E-state index in [9.17, 15) is 9.90 Å². The number of aliphatic hydroxyl groups excluding tert-OH is 1. The average Bonchev–Trinajstić information content (AvgIpc) is 2.67. The number of aromatic amines is 1. The largest absolute Gasteiger partial charge is 0.393 e. The molecule has 0 aliphatic carbocycles. The van der Waals surface area contributed by atoms with E-state index >= 15 is 0 Å². The molecule has 2 unspecified atom stereocenters. The van der Waals surface area contributed by atoms with Crippen LogP contribution in [0.3, 0.4) is 0 Å². The number of H-pyrrole nitrogens is 1. The maximum atomic E-state index is 12.4. The molecule has 0 bridgehead atoms. The number of carbonyl (C=O) groups excluding carboxylic acids is 1. The molecule has 2 N–H and O–H groups in total. The van der Waals surface area contributed by atoms with Crippen LogP contribution in [0.25, 0.3) is 0 Å². The number of hydrogen-bond acceptors (Lipinski definition) is 2. The first-order valence-electron chi connectivity index (χ1n) is 6.62. The third-order valence-electron chi connectivity index (χ3n) is 3.79. The molecule has 18 heavy (non-hydrogen) atoms. The van der Waals surface area contributed by atoms with Crippen molar-refractivity contribution in [1.29, 1.82) is 0 Å². The van der Waals surface area contributed by atoms with Gasteiger partial charge in [0.1, 0.15) is 5.69 Å². The molecule has 100 valence electrons. The van der Waals surface area contributed by atoms with Crippen LogP contribution in [0.2, 0.25) is 0 Å². The third kappa shape index (κ3) is 2.58. The average molecular weight is 250 g/mol. The number of carbonyl (C=O) groups is 1. The van der Waals surface area contributed by atoms with Crippen LogP contribution in [0.4, 0.5) is 0 Å². The summed E-state index contributed by atoms with van der Waals surface area (Å²) in [5.74, 6) is 0.269. The Morgan fingerprint density at radius 1 is 1.56 bits per heavy atom. The second-order valence-corrected chi connectivity index (χ2v) is 5.40. The Bertz CT molecular complexity index is 437. The van der Waals surface area contributed by atoms with E-state index in [1.807, 2.05) is 31.7 Å². The van der Waals surface area contributed by atoms with E-state index in [2.05, 4.69) is 4.98 Å². The molecule has 4 nitrogen and oxygen atoms in total. The van der Waals surface area contributed by atoms with Crippen molar-refractivity contribution in [2.75, 3.05) is 13.1 Å². The second kappa shape index (κ2) is 5.14. The van der Waals surface area contributed by atoms with Crippen LogP contribution >= 0.6 is 0 Å². The molecular formula is C14H22N2O2. The molecule has 2 rings (SSSR count). The van der Waals surface area contributed by atoms with E-state index in [-0.39, 0.29) is 17.9 Å². The molecule has 1 saturated heterocycles. The maximum Gasteiger partial charge on any atom is 0.270 e. The summed E-state index contributed by atoms with van der Waals surface area (Å²) in [4.78, 5) is 17.4. The first kappa shape index (κ1) is 13.1. The van der Waals surface area contributed by atoms with Gasteiger partial charge in [0.15, 0.2) is 0 Å². The molecule has 0 saturated carbocycles. The van der Waals surface area contributed by atoms with E-state index < -0.39 is 0 Å². The summed E-state index contributed by atoms with van der Waals surface area (Å²) in [6.45, 7) is 7.17. The summed E-state index contributed by atoms with van der Waals surface area (Å²) in [6, 6.07) is 1.99. The van der Waals surface area contributed by atoms with Crippen LogP contribution in [0.15, 0.2) is 6.07 Å². The highest BCUT2D eigenvalue weighted by Gasteiger charge is 2.28. The number of nitrogens with one attached hydrogen (secondary N) is 1. The fourth-order valence-electron chi connectivity index (χ4n) is 2.70. The van der Waals surface area contributed by atoms with Crippen LogP contribution in [-0.4, -0.2) is 40.1 Å². The van der Waals surface area contributed by atoms with Crippen molar-refractivity contribution in [1.82, 2.24) is 9.88 Å². The van der Waals surface area contributed by atoms with Gasteiger partial charge in [0, 0.05) is 24.7 Å². The smallest absolute Gasteiger partial charge is 0.270 e. The van der Waals surface area contributed by atoms with Crippen molar-refractivity contribution < 1.29 is 9.90 Å². The number of nitrogens with zero attached hydrogens (tertiary/aromatic N) is 1. The zero-order chi connectivity index (χ0) is 13.3. The lowest BCUT2D eigenvalue weighted by Crippen LogP contribution is -2.43. The van der Waals surface area contributed by atoms with Gasteiger partial charge in [-0.15, -0.1) is 0 Å². The molecule has 1 aliphatic heterocycles. The van der Waals surface area contributed by atoms with Crippen molar-refractivity contribution in [3.05, 3.63) is 23.0 Å². The molecule has 1 fully saturated rings. The van der Waals surface area contributed by atoms with Gasteiger partial charge < -0.3 is 15.0 Å². The number of amides is 1. The molecule has 1 aromatic heterocycles. The van der Waals surface area contributed by atoms with Crippen LogP contribution < -0.4 is 0 Å². The Balaban J connectivity index is 2.11. The van der Waals surface area contributed by atoms with E-state index in [1.165, 1.54) is 0 Å². The van der Waals surface area contributed by atoms with Crippen molar-refractivity contribution in [3.8, 4) is 0 Å². The fourth-order valence-corrected chi connectivity index (χ4v) is 2.70. The Morgan fingerprint density at radius 2 is 2.28 bits per heavy atom. The first-order valence-corrected chi connectivity index (χ1v) is 6.62. The number of aliphatic hydroxyl groups is 1. The van der Waals surface area contributed by atoms with E-state index in [0.29, 0.717) is 12.2 Å². The number of likely N-dealkylation sites (tertiary alicyclic amines) is 1. The molecule has 1 aromatic rings. The molecule has 4 heteroatoms. The van der Waals surface area contributed by atoms with Gasteiger partial charge in [-0.2, -0.15) is 0 Å². The number of piperidine rings is 1. The van der Waals surface area contributed by atoms with Crippen LogP contribution in [0, 0.1) is 19.8 Å². The molecular weight excluding hydrogens is 228 g/mol. The summed E-state index contributed by atoms with van der Waals surface area (Å²) in [7, 11) is 0. The number of hydrogen-bond donors (Lipinski definition) is 2. The van der Waals surface area contributed by atoms with E-state index in [1.54, 1.807) is 0 Å². The highest BCUT2D eigenvalue weighted by Crippen LogP contribution is 2.22. The summed E-state index contributed by atoms with van der Waals surface area (Å²) in [5.41, 5.74) is 2.70. The molecule has 0 spiro atoms. The Hall–Kier alpha value is -1.29. The molecule has 0 aromatic carbocycles. The second-order valence-electron chi connectivity index (χ2n) is 5.40. The summed E-state index contributed by atoms with van der Waals surface area (Å²) >= 11 is 0. The Morgan fingerprint density at radius 3 is 2.83 bits per heavy atom. The van der Waals surface area contributed by atoms with Gasteiger partial charge in [-0.1, -0.05) is 0 Å². The van der Waals surface area contributed by atoms with Crippen molar-refractivity contribution in [2.45, 2.75) is 39.7 Å². The lowest BCUT2D eigenvalue weighted by molar-refractivity contribution is 0.0461. The summed E-state index contributed by atoms with van der Waals surface area (Å²) in [6.07, 6.45) is 1.64. The molecule has 1 aliphatic rings. The van der Waals surface area contributed by atoms with Gasteiger partial charge in [-0.3, -0.25) is 4.79 Å². The van der Waals surface area contributed by atoms with Gasteiger partial charge in [-0.25, -0.2) is 0 Å². The fraction of sp³-hybridized carbons (Fsp3) is 0.643. The van der Waals surface area contributed by atoms with Gasteiger partial charge in [-0.05, 0) is 45.2 Å². The third-order valence-corrected chi connectivity index (χ3v) is 3.79. The van der Waals surface area contributed by atoms with Crippen LogP contribution in [0.5, 0.6) is 0 Å². The van der Waals surface area contributed by atoms with Crippen molar-refractivity contribution in [3.63, 3.8) is 0 Å². The number of aromatic nitrogens is 1. The predicted octanol–water partition coefficient (Wildman–Crippen LogP) is 1.86. The van der Waals surface area contributed by atoms with E-state index in [4.69, 9.17) is 0 Å². The summed E-state index contributed by atoms with van der Waals surface area (Å²) in [5, 5.41) is 9.66. The Kier molecular flexibility index (Phi) is 3.76. The maximum absolute atomic E-state index is 12.4. The zero-order valence-electron chi connectivity index (χ0n) is 11.4. The Labute approximate surface area is 108 Å². The van der Waals surface area contributed by atoms with Crippen molar-refractivity contribution in [2.24, 2.45) is 5.92 Å². The minimum Gasteiger partial charge on any atom is -0.393 e. The quantitative estimate of drug-likeness (QED) is 0.842. The highest BCUT2D eigenvalue weighted by atomic mass is 16.3. The zero-order valence-corrected chi connectivity index (χ0v) is 11.4. The van der Waals surface area contributed by atoms with Gasteiger partial charge in [0.25, 0.3) is 5.91 Å². The number of aryl methyl sites for hydroxylation is 2. The molecule has 2 heterocycles. The van der Waals surface area contributed by atoms with Crippen LogP contribution in [-0.2, 0) is 0 Å². The normalized spacial score (nSPS) is 22.0. The first-order chi connectivity index (χ1) is 8.49. The topological polar surface area (TPSA) is 56.3 Å². The van der Waals surface area contributed by atoms with Gasteiger partial charge in [0.2, 0.25) is 0 Å². The predicted molar refractivity (Wildman–Crippen MR) is 70.6 cm³/mol. The highest BCUT2D eigenvalue weighted by molar-refractivity contribution is 5.94. The van der Waals surface area contributed by atoms with Crippen molar-refractivity contribution >= 4 is 5.91 Å². The molecule has 1 amide bonds. The van der Waals surface area contributed by atoms with E-state index in [0.717, 1.165) is 30.6 Å². The monoisotopic (exact) mass is 250 g/mol. The lowest BCUT2D eigenvalue weighted by Gasteiger charge is -2.34. The molecule has 0 radical (unpaired) electrons. The summed E-state index contributed by atoms with van der Waals surface area (Å²) < 4.78 is 0. The van der Waals surface area contributed by atoms with Crippen LogP contribution in [0.1, 0.15) is 41.5 Å². The minimum atomic E-state index is -0.341. The van der Waals surface area contributed by atoms with Gasteiger partial charge >= 0.3 is 0 Å². The SMILES string of the molecule is Cc1cc(C)c(C(=O)N2CCCC(C(C)O)C2)[nH]1. The lowest BCUT2D eigenvalue weighted by atomic mass is 9.93. The minimum absolute atomic E-state index is 0.0611. The number of rotatable bonds is 2. The van der Waals surface area contributed by atoms with Gasteiger partial charge in [0.05, 0.1) is 6.10 Å². The standard InChI is InChI=1S/C14H22N2O2/c1-9-7-10(2)15-13(9)14(18)16-6-4-5-12(8-16)11(3)17/h7,11-12,15,17H,4-6,8H2,1-3H3.